The molecule has 0 aliphatic heterocycles. The predicted octanol–water partition coefficient (Wildman–Crippen LogP) is 3.03. The van der Waals surface area contributed by atoms with Gasteiger partial charge in [-0.05, 0) is 135 Å². The van der Waals surface area contributed by atoms with E-state index in [1.807, 2.05) is 0 Å². The summed E-state index contributed by atoms with van der Waals surface area (Å²) >= 11 is 8.35. The van der Waals surface area contributed by atoms with E-state index in [2.05, 4.69) is 54.4 Å². The molecule has 0 atom stereocenters. The Morgan fingerprint density at radius 1 is 0.694 bits per heavy atom. The van der Waals surface area contributed by atoms with Crippen molar-refractivity contribution in [3.05, 3.63) is 0 Å². The van der Waals surface area contributed by atoms with Gasteiger partial charge in [0.25, 0.3) is 0 Å². The Morgan fingerprint density at radius 3 is 1.28 bits per heavy atom. The van der Waals surface area contributed by atoms with E-state index in [0.29, 0.717) is 50.9 Å². The summed E-state index contributed by atoms with van der Waals surface area (Å²) in [6.45, 7) is 15.1. The number of nitriles is 1. The van der Waals surface area contributed by atoms with Gasteiger partial charge in [0.1, 0.15) is 17.0 Å². The van der Waals surface area contributed by atoms with Crippen molar-refractivity contribution in [2.24, 2.45) is 33.4 Å². The number of ketones is 1. The van der Waals surface area contributed by atoms with Crippen LogP contribution >= 0.6 is 63.8 Å². The van der Waals surface area contributed by atoms with Gasteiger partial charge in [-0.2, -0.15) is 25.3 Å². The van der Waals surface area contributed by atoms with E-state index in [0.717, 1.165) is 101 Å². The molecule has 0 aromatic carbocycles. The van der Waals surface area contributed by atoms with Gasteiger partial charge in [0.2, 0.25) is 7.85 Å². The fourth-order valence-electron chi connectivity index (χ4n) is 8.07. The quantitative estimate of drug-likeness (QED) is 0.0321. The second-order valence-electron chi connectivity index (χ2n) is 19.9. The zero-order valence-corrected chi connectivity index (χ0v) is 51.2. The summed E-state index contributed by atoms with van der Waals surface area (Å²) in [6, 6.07) is 0.922. The summed E-state index contributed by atoms with van der Waals surface area (Å²) in [4.78, 5) is 67.8. The molecule has 2 radical (unpaired) electrons. The van der Waals surface area contributed by atoms with E-state index >= 15 is 0 Å². The molecule has 0 saturated heterocycles. The number of nitrogens with two attached hydrogens (primary N) is 3. The normalized spacial score (nSPS) is 21.0. The van der Waals surface area contributed by atoms with Crippen LogP contribution in [0.5, 0.6) is 0 Å². The number of carboxylic acids is 3. The number of thiol groups is 2. The maximum atomic E-state index is 11.8. The minimum Gasteiger partial charge on any atom is -1.00 e. The number of hydrogen-bond donors (Lipinski definition) is 12. The van der Waals surface area contributed by atoms with Crippen molar-refractivity contribution in [3.63, 3.8) is 0 Å². The van der Waals surface area contributed by atoms with Gasteiger partial charge in [0.05, 0.1) is 19.3 Å². The Labute approximate surface area is 484 Å². The molecule has 72 heavy (non-hydrogen) atoms. The second-order valence-corrected chi connectivity index (χ2v) is 23.5. The van der Waals surface area contributed by atoms with Crippen LogP contribution in [0.3, 0.4) is 0 Å². The van der Waals surface area contributed by atoms with Crippen molar-refractivity contribution in [3.8, 4) is 5.97 Å². The molecular weight excluding hydrogens is 1080 g/mol. The van der Waals surface area contributed by atoms with Gasteiger partial charge in [0, 0.05) is 87.2 Å². The Balaban J connectivity index is -0.000000284. The maximum Gasteiger partial charge on any atom is 1.00 e. The summed E-state index contributed by atoms with van der Waals surface area (Å²) in [5, 5.41) is 46.5. The number of carbonyl (C=O) groups excluding carboxylic acids is 3. The third-order valence-electron chi connectivity index (χ3n) is 11.6. The molecule has 2 amide bonds. The first kappa shape index (κ1) is 77.4. The summed E-state index contributed by atoms with van der Waals surface area (Å²) in [5.41, 5.74) is 14.0. The molecule has 0 spiro atoms. The van der Waals surface area contributed by atoms with Crippen LogP contribution in [0.15, 0.2) is 0 Å². The number of Topliss-reactive ketones (excluding diaryl/α,β-unsaturated/α-hetero) is 1. The van der Waals surface area contributed by atoms with Crippen LogP contribution in [-0.2, 0) is 28.7 Å². The third-order valence-corrected chi connectivity index (χ3v) is 14.5. The average Bonchev–Trinajstić information content (AvgIpc) is 3.26. The molecule has 0 aromatic heterocycles. The van der Waals surface area contributed by atoms with Crippen LogP contribution in [0.1, 0.15) is 139 Å². The largest absolute Gasteiger partial charge is 1.00 e. The molecule has 0 unspecified atom stereocenters. The smallest absolute Gasteiger partial charge is 1.00 e. The monoisotopic (exact) mass is 1170 g/mol. The zero-order chi connectivity index (χ0) is 53.9. The second kappa shape index (κ2) is 42.9. The van der Waals surface area contributed by atoms with Crippen LogP contribution in [0.2, 0.25) is 0 Å². The molecular formula is C46H89BBrN8NaO11S4. The fraction of sp³-hybridized carbons (Fsp3) is 0.848. The Bertz CT molecular complexity index is 1560. The molecule has 3 aliphatic rings. The fourth-order valence-corrected chi connectivity index (χ4v) is 10.0. The first-order valence-corrected chi connectivity index (χ1v) is 27.7. The molecule has 3 fully saturated rings. The number of nitrogens with one attached hydrogen (secondary N) is 4. The summed E-state index contributed by atoms with van der Waals surface area (Å²) in [7, 11) is 7.73. The van der Waals surface area contributed by atoms with Crippen molar-refractivity contribution in [2.45, 2.75) is 161 Å². The SMILES string of the molecule is Br.CC(C)(C)OC(=O)NCC1(CC(=O)O)CCC(=O)CC1.CC(C)(C)OC(=O)NCC1(CC(=O)O)CCC(NCCS)CC1.NCC1(CC(=O)O)CCC(NCCS)CC1.NCCSSCCN.[B]C#N.[H-].[Na+]. The number of nitrogens with zero attached hydrogens (tertiary/aromatic N) is 1. The van der Waals surface area contributed by atoms with Gasteiger partial charge in [-0.1, -0.05) is 21.6 Å². The third kappa shape index (κ3) is 41.1. The van der Waals surface area contributed by atoms with Crippen molar-refractivity contribution in [1.82, 2.24) is 21.3 Å². The Morgan fingerprint density at radius 2 is 1.00 bits per heavy atom. The van der Waals surface area contributed by atoms with E-state index in [1.165, 1.54) is 5.97 Å². The molecule has 3 aliphatic carbocycles. The number of carboxylic acid groups (broad SMARTS) is 3. The van der Waals surface area contributed by atoms with Gasteiger partial charge in [-0.15, -0.1) is 17.0 Å². The molecule has 0 bridgehead atoms. The van der Waals surface area contributed by atoms with Crippen molar-refractivity contribution < 1.29 is 84.5 Å². The van der Waals surface area contributed by atoms with Gasteiger partial charge < -0.3 is 64.7 Å². The van der Waals surface area contributed by atoms with E-state index in [4.69, 9.17) is 42.1 Å². The Kier molecular flexibility index (Phi) is 46.1. The van der Waals surface area contributed by atoms with E-state index in [1.54, 1.807) is 63.1 Å². The van der Waals surface area contributed by atoms with Gasteiger partial charge in [0.15, 0.2) is 0 Å². The van der Waals surface area contributed by atoms with Crippen molar-refractivity contribution >= 4 is 108 Å². The molecule has 0 aromatic rings. The van der Waals surface area contributed by atoms with Crippen LogP contribution < -0.4 is 68.0 Å². The molecule has 13 N–H and O–H groups in total. The van der Waals surface area contributed by atoms with Gasteiger partial charge in [-0.3, -0.25) is 19.2 Å². The molecule has 3 rings (SSSR count). The molecule has 19 nitrogen and oxygen atoms in total. The molecule has 0 heterocycles. The Hall–Kier alpha value is -1.15. The van der Waals surface area contributed by atoms with E-state index < -0.39 is 46.7 Å². The summed E-state index contributed by atoms with van der Waals surface area (Å²) in [6.07, 6.45) is 8.20. The van der Waals surface area contributed by atoms with Gasteiger partial charge in [-0.25, -0.2) is 14.9 Å². The number of ether oxygens (including phenoxy) is 2. The minimum atomic E-state index is -0.912. The predicted molar refractivity (Wildman–Crippen MR) is 299 cm³/mol. The molecule has 26 heteroatoms. The number of alkyl carbamates (subject to hydrolysis) is 2. The number of carbonyl (C=O) groups is 6. The minimum absolute atomic E-state index is 0. The average molecular weight is 1170 g/mol. The van der Waals surface area contributed by atoms with E-state index in [-0.39, 0.29) is 90.4 Å². The summed E-state index contributed by atoms with van der Waals surface area (Å²) in [5.74, 6) is 2.64. The molecule has 414 valence electrons. The molecule has 3 saturated carbocycles. The first-order valence-electron chi connectivity index (χ1n) is 24.0. The number of amides is 2. The van der Waals surface area contributed by atoms with Crippen molar-refractivity contribution in [2.75, 3.05) is 68.8 Å². The van der Waals surface area contributed by atoms with E-state index in [9.17, 15) is 33.9 Å². The standard InChI is InChI=1S/C16H30N2O4S.C14H23NO5.C11H22N2O2S.C4H12N2S2.CBN.BrH.Na.H/c1-15(2,3)22-14(21)18-11-16(10-13(19)20)6-4-12(5-7-16)17-8-9-23;1-13(2,3)20-12(19)15-9-14(8-11(17)18)6-4-10(16)5-7-14;12-8-11(7-10(14)15)3-1-9(2-4-11)13-5-6-16;5-1-3-7-8-4-2-6;2-1-3;;;/h12,17,23H,4-11H2,1-3H3,(H,18,21)(H,19,20);4-9H2,1-3H3,(H,15,19)(H,17,18);9,13,16H,1-8,12H2,(H,14,15);1-6H2;;1H;;/q;;;;;;+1;-1. The number of rotatable bonds is 22. The van der Waals surface area contributed by atoms with Crippen LogP contribution in [0.4, 0.5) is 9.59 Å². The van der Waals surface area contributed by atoms with Gasteiger partial charge >= 0.3 is 59.7 Å². The summed E-state index contributed by atoms with van der Waals surface area (Å²) < 4.78 is 10.4. The van der Waals surface area contributed by atoms with Crippen LogP contribution in [0.25, 0.3) is 0 Å². The topological polar surface area (TPSA) is 332 Å². The number of hydrogen-bond acceptors (Lipinski definition) is 18. The first-order chi connectivity index (χ1) is 32.7. The number of aliphatic carboxylic acids is 3. The zero-order valence-electron chi connectivity index (χ0n) is 45.0. The van der Waals surface area contributed by atoms with Crippen LogP contribution in [0, 0.1) is 27.5 Å². The maximum absolute atomic E-state index is 11.8. The van der Waals surface area contributed by atoms with Crippen LogP contribution in [-0.4, -0.2) is 151 Å². The van der Waals surface area contributed by atoms with Crippen molar-refractivity contribution in [1.29, 1.82) is 5.26 Å². The number of halogens is 1.